The van der Waals surface area contributed by atoms with Gasteiger partial charge in [0.05, 0.1) is 0 Å². The summed E-state index contributed by atoms with van der Waals surface area (Å²) in [4.78, 5) is 24.2. The number of carbonyl (C=O) groups is 2. The van der Waals surface area contributed by atoms with Gasteiger partial charge in [0.1, 0.15) is 11.5 Å². The van der Waals surface area contributed by atoms with E-state index in [9.17, 15) is 9.59 Å². The minimum absolute atomic E-state index is 0.00149. The van der Waals surface area contributed by atoms with Gasteiger partial charge < -0.3 is 15.4 Å². The number of carbonyl (C=O) groups excluding carboxylic acids is 2. The van der Waals surface area contributed by atoms with Crippen LogP contribution in [0.15, 0.2) is 48.5 Å². The molecule has 0 radical (unpaired) electrons. The average Bonchev–Trinajstić information content (AvgIpc) is 3.25. The molecular weight excluding hydrogens is 364 g/mol. The van der Waals surface area contributed by atoms with Crippen LogP contribution in [-0.4, -0.2) is 11.8 Å². The van der Waals surface area contributed by atoms with E-state index in [0.717, 1.165) is 17.8 Å². The molecule has 0 heterocycles. The van der Waals surface area contributed by atoms with Gasteiger partial charge in [-0.25, -0.2) is 0 Å². The summed E-state index contributed by atoms with van der Waals surface area (Å²) in [5.41, 5.74) is 1.58. The number of hydrogen-bond donors (Lipinski definition) is 2. The molecule has 5 heteroatoms. The molecule has 5 nitrogen and oxygen atoms in total. The number of amides is 2. The van der Waals surface area contributed by atoms with Crippen molar-refractivity contribution in [1.82, 2.24) is 0 Å². The van der Waals surface area contributed by atoms with Crippen LogP contribution < -0.4 is 15.4 Å². The molecule has 1 fully saturated rings. The second-order valence-electron chi connectivity index (χ2n) is 9.67. The predicted molar refractivity (Wildman–Crippen MR) is 116 cm³/mol. The van der Waals surface area contributed by atoms with Gasteiger partial charge in [-0.2, -0.15) is 0 Å². The zero-order chi connectivity index (χ0) is 21.2. The van der Waals surface area contributed by atoms with Crippen molar-refractivity contribution < 1.29 is 14.3 Å². The Hall–Kier alpha value is -2.82. The summed E-state index contributed by atoms with van der Waals surface area (Å²) in [6.07, 6.45) is 1.40. The number of hydrogen-bond acceptors (Lipinski definition) is 3. The fourth-order valence-electron chi connectivity index (χ4n) is 3.18. The Morgan fingerprint density at radius 1 is 0.931 bits per heavy atom. The van der Waals surface area contributed by atoms with Crippen molar-refractivity contribution in [3.63, 3.8) is 0 Å². The summed E-state index contributed by atoms with van der Waals surface area (Å²) in [5.74, 6) is 1.53. The Labute approximate surface area is 172 Å². The van der Waals surface area contributed by atoms with Crippen molar-refractivity contribution in [2.24, 2.45) is 16.7 Å². The molecule has 0 aliphatic heterocycles. The van der Waals surface area contributed by atoms with Crippen molar-refractivity contribution in [3.05, 3.63) is 48.5 Å². The van der Waals surface area contributed by atoms with E-state index in [1.165, 1.54) is 0 Å². The van der Waals surface area contributed by atoms with E-state index in [-0.39, 0.29) is 28.6 Å². The van der Waals surface area contributed by atoms with Gasteiger partial charge >= 0.3 is 0 Å². The Morgan fingerprint density at radius 2 is 1.38 bits per heavy atom. The van der Waals surface area contributed by atoms with Gasteiger partial charge in [0.15, 0.2) is 0 Å². The molecule has 154 valence electrons. The van der Waals surface area contributed by atoms with Gasteiger partial charge in [0.2, 0.25) is 11.8 Å². The van der Waals surface area contributed by atoms with Gasteiger partial charge in [-0.1, -0.05) is 34.6 Å². The molecule has 1 saturated carbocycles. The molecule has 1 aliphatic carbocycles. The van der Waals surface area contributed by atoms with Crippen molar-refractivity contribution in [2.45, 2.75) is 47.5 Å². The summed E-state index contributed by atoms with van der Waals surface area (Å²) < 4.78 is 5.85. The fraction of sp³-hybridized carbons (Fsp3) is 0.417. The lowest BCUT2D eigenvalue weighted by Crippen LogP contribution is -2.19. The molecule has 3 rings (SSSR count). The first-order valence-electron chi connectivity index (χ1n) is 10.0. The second-order valence-corrected chi connectivity index (χ2v) is 9.67. The van der Waals surface area contributed by atoms with Crippen molar-refractivity contribution in [2.75, 3.05) is 10.6 Å². The van der Waals surface area contributed by atoms with Crippen LogP contribution in [0.3, 0.4) is 0 Å². The van der Waals surface area contributed by atoms with Gasteiger partial charge in [0, 0.05) is 23.7 Å². The summed E-state index contributed by atoms with van der Waals surface area (Å²) in [7, 11) is 0. The smallest absolute Gasteiger partial charge is 0.228 e. The first-order chi connectivity index (χ1) is 13.5. The highest BCUT2D eigenvalue weighted by atomic mass is 16.5. The Balaban J connectivity index is 1.52. The van der Waals surface area contributed by atoms with E-state index >= 15 is 0 Å². The quantitative estimate of drug-likeness (QED) is 0.647. The second kappa shape index (κ2) is 7.90. The average molecular weight is 395 g/mol. The monoisotopic (exact) mass is 394 g/mol. The highest BCUT2D eigenvalue weighted by Gasteiger charge is 2.50. The van der Waals surface area contributed by atoms with E-state index in [0.29, 0.717) is 17.9 Å². The van der Waals surface area contributed by atoms with Gasteiger partial charge in [-0.15, -0.1) is 0 Å². The molecule has 2 amide bonds. The summed E-state index contributed by atoms with van der Waals surface area (Å²) in [6.45, 7) is 10.3. The third-order valence-electron chi connectivity index (χ3n) is 5.02. The summed E-state index contributed by atoms with van der Waals surface area (Å²) in [5, 5.41) is 5.86. The minimum Gasteiger partial charge on any atom is -0.457 e. The molecule has 1 atom stereocenters. The molecular formula is C24H30N2O3. The van der Waals surface area contributed by atoms with Crippen LogP contribution in [0.5, 0.6) is 11.5 Å². The lowest BCUT2D eigenvalue weighted by molar-refractivity contribution is -0.118. The van der Waals surface area contributed by atoms with E-state index in [1.807, 2.05) is 69.3 Å². The molecule has 2 aromatic carbocycles. The maximum Gasteiger partial charge on any atom is 0.228 e. The van der Waals surface area contributed by atoms with Crippen LogP contribution in [0.25, 0.3) is 0 Å². The molecule has 0 saturated heterocycles. The first kappa shape index (κ1) is 20.9. The van der Waals surface area contributed by atoms with Gasteiger partial charge in [-0.3, -0.25) is 9.59 Å². The highest BCUT2D eigenvalue weighted by molar-refractivity contribution is 5.95. The van der Waals surface area contributed by atoms with Gasteiger partial charge in [0.25, 0.3) is 0 Å². The maximum atomic E-state index is 12.2. The van der Waals surface area contributed by atoms with E-state index in [4.69, 9.17) is 4.74 Å². The zero-order valence-electron chi connectivity index (χ0n) is 17.8. The molecule has 0 spiro atoms. The first-order valence-corrected chi connectivity index (χ1v) is 10.0. The number of rotatable bonds is 6. The van der Waals surface area contributed by atoms with E-state index in [1.54, 1.807) is 0 Å². The van der Waals surface area contributed by atoms with Crippen molar-refractivity contribution in [1.29, 1.82) is 0 Å². The van der Waals surface area contributed by atoms with Crippen LogP contribution in [0.1, 0.15) is 47.5 Å². The largest absolute Gasteiger partial charge is 0.457 e. The number of nitrogens with one attached hydrogen (secondary N) is 2. The highest BCUT2D eigenvalue weighted by Crippen LogP contribution is 2.52. The van der Waals surface area contributed by atoms with Crippen molar-refractivity contribution >= 4 is 23.2 Å². The SMILES string of the molecule is CC(C)(C)CC(=O)Nc1ccc(Oc2ccc(NC(=O)C3CC3(C)C)cc2)cc1. The summed E-state index contributed by atoms with van der Waals surface area (Å²) in [6, 6.07) is 14.6. The van der Waals surface area contributed by atoms with E-state index in [2.05, 4.69) is 24.5 Å². The summed E-state index contributed by atoms with van der Waals surface area (Å²) >= 11 is 0. The molecule has 0 bridgehead atoms. The standard InChI is InChI=1S/C24H30N2O3/c1-23(2,3)15-21(27)25-16-6-10-18(11-7-16)29-19-12-8-17(9-13-19)26-22(28)20-14-24(20,4)5/h6-13,20H,14-15H2,1-5H3,(H,25,27)(H,26,28). The van der Waals surface area contributed by atoms with Crippen LogP contribution in [0, 0.1) is 16.7 Å². The van der Waals surface area contributed by atoms with Gasteiger partial charge in [-0.05, 0) is 65.8 Å². The van der Waals surface area contributed by atoms with E-state index < -0.39 is 0 Å². The third-order valence-corrected chi connectivity index (χ3v) is 5.02. The fourth-order valence-corrected chi connectivity index (χ4v) is 3.18. The Bertz CT molecular complexity index is 878. The third kappa shape index (κ3) is 6.08. The number of benzene rings is 2. The molecule has 0 aromatic heterocycles. The minimum atomic E-state index is -0.0480. The molecule has 1 unspecified atom stereocenters. The maximum absolute atomic E-state index is 12.2. The normalized spacial score (nSPS) is 17.3. The van der Waals surface area contributed by atoms with Crippen LogP contribution >= 0.6 is 0 Å². The van der Waals surface area contributed by atoms with Crippen LogP contribution in [0.2, 0.25) is 0 Å². The van der Waals surface area contributed by atoms with Crippen LogP contribution in [0.4, 0.5) is 11.4 Å². The number of ether oxygens (including phenoxy) is 1. The Kier molecular flexibility index (Phi) is 5.69. The predicted octanol–water partition coefficient (Wildman–Crippen LogP) is 5.84. The lowest BCUT2D eigenvalue weighted by Gasteiger charge is -2.17. The molecule has 2 aromatic rings. The lowest BCUT2D eigenvalue weighted by atomic mass is 9.92. The molecule has 29 heavy (non-hydrogen) atoms. The molecule has 1 aliphatic rings. The topological polar surface area (TPSA) is 67.4 Å². The Morgan fingerprint density at radius 3 is 1.79 bits per heavy atom. The zero-order valence-corrected chi connectivity index (χ0v) is 17.8. The van der Waals surface area contributed by atoms with Crippen molar-refractivity contribution in [3.8, 4) is 11.5 Å². The van der Waals surface area contributed by atoms with Crippen LogP contribution in [-0.2, 0) is 9.59 Å². The number of anilines is 2. The molecule has 2 N–H and O–H groups in total.